The molecule has 0 atom stereocenters. The summed E-state index contributed by atoms with van der Waals surface area (Å²) in [6, 6.07) is 7.10. The van der Waals surface area contributed by atoms with E-state index >= 15 is 0 Å². The Morgan fingerprint density at radius 1 is 1.33 bits per heavy atom. The number of carbonyl (C=O) groups excluding carboxylic acids is 2. The lowest BCUT2D eigenvalue weighted by Gasteiger charge is -2.25. The number of benzene rings is 1. The molecule has 3 amide bonds. The van der Waals surface area contributed by atoms with Crippen LogP contribution in [0.2, 0.25) is 0 Å². The summed E-state index contributed by atoms with van der Waals surface area (Å²) in [5.41, 5.74) is 6.72. The van der Waals surface area contributed by atoms with Gasteiger partial charge in [0.25, 0.3) is 0 Å². The molecule has 1 fully saturated rings. The second-order valence-corrected chi connectivity index (χ2v) is 5.25. The highest BCUT2D eigenvalue weighted by Gasteiger charge is 2.29. The van der Waals surface area contributed by atoms with E-state index in [-0.39, 0.29) is 11.9 Å². The third-order valence-corrected chi connectivity index (χ3v) is 4.01. The molecule has 0 saturated carbocycles. The molecular formula is C15H22N4O2. The Morgan fingerprint density at radius 3 is 2.43 bits per heavy atom. The summed E-state index contributed by atoms with van der Waals surface area (Å²) in [7, 11) is 0. The topological polar surface area (TPSA) is 87.5 Å². The van der Waals surface area contributed by atoms with Crippen LogP contribution in [0.15, 0.2) is 24.3 Å². The minimum Gasteiger partial charge on any atom is -0.336 e. The van der Waals surface area contributed by atoms with E-state index in [9.17, 15) is 9.59 Å². The van der Waals surface area contributed by atoms with Gasteiger partial charge >= 0.3 is 6.03 Å². The second-order valence-electron chi connectivity index (χ2n) is 5.25. The first-order valence-corrected chi connectivity index (χ1v) is 7.26. The molecule has 0 aromatic heterocycles. The summed E-state index contributed by atoms with van der Waals surface area (Å²) in [5, 5.41) is 5.58. The summed E-state index contributed by atoms with van der Waals surface area (Å²) < 4.78 is 0. The van der Waals surface area contributed by atoms with Crippen LogP contribution >= 0.6 is 0 Å². The molecule has 1 heterocycles. The Morgan fingerprint density at radius 2 is 1.95 bits per heavy atom. The van der Waals surface area contributed by atoms with Gasteiger partial charge in [-0.25, -0.2) is 4.79 Å². The Balaban J connectivity index is 2.06. The summed E-state index contributed by atoms with van der Waals surface area (Å²) in [6.45, 7) is 5.11. The van der Waals surface area contributed by atoms with Crippen LogP contribution in [0.25, 0.3) is 0 Å². The van der Waals surface area contributed by atoms with E-state index in [2.05, 4.69) is 10.6 Å². The average molecular weight is 290 g/mol. The number of amides is 3. The zero-order valence-electron chi connectivity index (χ0n) is 12.5. The lowest BCUT2D eigenvalue weighted by atomic mass is 9.93. The van der Waals surface area contributed by atoms with Gasteiger partial charge in [-0.05, 0) is 37.1 Å². The second kappa shape index (κ2) is 6.13. The maximum absolute atomic E-state index is 12.2. The molecule has 0 unspecified atom stereocenters. The number of hydrogen-bond donors (Lipinski definition) is 3. The number of carbonyl (C=O) groups is 2. The van der Waals surface area contributed by atoms with Gasteiger partial charge in [0.1, 0.15) is 0 Å². The van der Waals surface area contributed by atoms with Crippen LogP contribution in [0.1, 0.15) is 26.7 Å². The Bertz CT molecular complexity index is 523. The third-order valence-electron chi connectivity index (χ3n) is 4.01. The molecule has 0 radical (unpaired) electrons. The van der Waals surface area contributed by atoms with Gasteiger partial charge in [-0.1, -0.05) is 13.8 Å². The number of hydrogen-bond acceptors (Lipinski definition) is 3. The quantitative estimate of drug-likeness (QED) is 0.771. The van der Waals surface area contributed by atoms with Crippen molar-refractivity contribution in [3.05, 3.63) is 24.3 Å². The monoisotopic (exact) mass is 290 g/mol. The average Bonchev–Trinajstić information content (AvgIpc) is 2.93. The molecule has 21 heavy (non-hydrogen) atoms. The fourth-order valence-corrected chi connectivity index (χ4v) is 2.27. The molecule has 2 rings (SSSR count). The van der Waals surface area contributed by atoms with Gasteiger partial charge in [0.2, 0.25) is 5.91 Å². The molecule has 114 valence electrons. The first kappa shape index (κ1) is 15.3. The van der Waals surface area contributed by atoms with Gasteiger partial charge in [0.15, 0.2) is 0 Å². The summed E-state index contributed by atoms with van der Waals surface area (Å²) in [4.78, 5) is 25.4. The van der Waals surface area contributed by atoms with Crippen LogP contribution in [0, 0.1) is 0 Å². The highest BCUT2D eigenvalue weighted by molar-refractivity contribution is 5.98. The molecule has 1 aromatic rings. The minimum absolute atomic E-state index is 0.0928. The highest BCUT2D eigenvalue weighted by atomic mass is 16.2. The first-order chi connectivity index (χ1) is 10.00. The molecule has 0 aliphatic carbocycles. The maximum atomic E-state index is 12.2. The van der Waals surface area contributed by atoms with Crippen molar-refractivity contribution in [3.63, 3.8) is 0 Å². The molecule has 1 aliphatic rings. The zero-order chi connectivity index (χ0) is 15.5. The van der Waals surface area contributed by atoms with Crippen molar-refractivity contribution in [2.24, 2.45) is 5.73 Å². The molecule has 0 bridgehead atoms. The van der Waals surface area contributed by atoms with Crippen molar-refractivity contribution >= 4 is 23.3 Å². The van der Waals surface area contributed by atoms with E-state index in [0.717, 1.165) is 5.69 Å². The number of urea groups is 1. The number of nitrogens with two attached hydrogens (primary N) is 1. The number of anilines is 2. The van der Waals surface area contributed by atoms with E-state index in [0.29, 0.717) is 31.6 Å². The standard InChI is InChI=1S/C15H22N4O2/c1-3-15(16,4-2)13(20)18-11-5-7-12(8-6-11)19-10-9-17-14(19)21/h5-8H,3-4,9-10,16H2,1-2H3,(H,17,21)(H,18,20). The molecule has 6 heteroatoms. The summed E-state index contributed by atoms with van der Waals surface area (Å²) in [5.74, 6) is -0.181. The van der Waals surface area contributed by atoms with Crippen LogP contribution in [0.5, 0.6) is 0 Å². The molecule has 1 aliphatic heterocycles. The van der Waals surface area contributed by atoms with Crippen molar-refractivity contribution in [1.29, 1.82) is 0 Å². The fraction of sp³-hybridized carbons (Fsp3) is 0.467. The molecular weight excluding hydrogens is 268 g/mol. The summed E-state index contributed by atoms with van der Waals surface area (Å²) in [6.07, 6.45) is 1.17. The highest BCUT2D eigenvalue weighted by Crippen LogP contribution is 2.21. The molecule has 6 nitrogen and oxygen atoms in total. The maximum Gasteiger partial charge on any atom is 0.321 e. The molecule has 0 spiro atoms. The molecule has 1 aromatic carbocycles. The van der Waals surface area contributed by atoms with Gasteiger partial charge in [-0.15, -0.1) is 0 Å². The molecule has 1 saturated heterocycles. The number of nitrogens with one attached hydrogen (secondary N) is 2. The van der Waals surface area contributed by atoms with E-state index in [1.807, 2.05) is 26.0 Å². The first-order valence-electron chi connectivity index (χ1n) is 7.26. The van der Waals surface area contributed by atoms with E-state index in [1.165, 1.54) is 0 Å². The van der Waals surface area contributed by atoms with Crippen molar-refractivity contribution in [1.82, 2.24) is 5.32 Å². The Labute approximate surface area is 124 Å². The fourth-order valence-electron chi connectivity index (χ4n) is 2.27. The van der Waals surface area contributed by atoms with Crippen LogP contribution in [-0.2, 0) is 4.79 Å². The van der Waals surface area contributed by atoms with Gasteiger partial charge < -0.3 is 16.4 Å². The van der Waals surface area contributed by atoms with E-state index in [1.54, 1.807) is 17.0 Å². The Kier molecular flexibility index (Phi) is 4.47. The smallest absolute Gasteiger partial charge is 0.321 e. The van der Waals surface area contributed by atoms with Crippen molar-refractivity contribution < 1.29 is 9.59 Å². The number of nitrogens with zero attached hydrogens (tertiary/aromatic N) is 1. The van der Waals surface area contributed by atoms with Crippen LogP contribution < -0.4 is 21.3 Å². The number of rotatable bonds is 5. The van der Waals surface area contributed by atoms with Gasteiger partial charge in [-0.3, -0.25) is 9.69 Å². The zero-order valence-corrected chi connectivity index (χ0v) is 12.5. The van der Waals surface area contributed by atoms with Gasteiger partial charge in [-0.2, -0.15) is 0 Å². The predicted octanol–water partition coefficient (Wildman–Crippen LogP) is 1.67. The lowest BCUT2D eigenvalue weighted by Crippen LogP contribution is -2.50. The van der Waals surface area contributed by atoms with Gasteiger partial charge in [0.05, 0.1) is 5.54 Å². The minimum atomic E-state index is -0.840. The van der Waals surface area contributed by atoms with Crippen LogP contribution in [0.3, 0.4) is 0 Å². The summed E-state index contributed by atoms with van der Waals surface area (Å²) >= 11 is 0. The predicted molar refractivity (Wildman–Crippen MR) is 83.3 cm³/mol. The lowest BCUT2D eigenvalue weighted by molar-refractivity contribution is -0.121. The van der Waals surface area contributed by atoms with Crippen LogP contribution in [0.4, 0.5) is 16.2 Å². The van der Waals surface area contributed by atoms with Crippen LogP contribution in [-0.4, -0.2) is 30.6 Å². The SMILES string of the molecule is CCC(N)(CC)C(=O)Nc1ccc(N2CCNC2=O)cc1. The van der Waals surface area contributed by atoms with E-state index < -0.39 is 5.54 Å². The van der Waals surface area contributed by atoms with Crippen molar-refractivity contribution in [2.45, 2.75) is 32.2 Å². The largest absolute Gasteiger partial charge is 0.336 e. The normalized spacial score (nSPS) is 15.0. The van der Waals surface area contributed by atoms with Crippen molar-refractivity contribution in [2.75, 3.05) is 23.3 Å². The molecule has 4 N–H and O–H groups in total. The van der Waals surface area contributed by atoms with E-state index in [4.69, 9.17) is 5.73 Å². The van der Waals surface area contributed by atoms with Crippen molar-refractivity contribution in [3.8, 4) is 0 Å². The Hall–Kier alpha value is -2.08. The third kappa shape index (κ3) is 3.16. The van der Waals surface area contributed by atoms with Gasteiger partial charge in [0, 0.05) is 24.5 Å².